The fourth-order valence-electron chi connectivity index (χ4n) is 2.72. The second-order valence-electron chi connectivity index (χ2n) is 6.84. The summed E-state index contributed by atoms with van der Waals surface area (Å²) in [6, 6.07) is 11.2. The van der Waals surface area contributed by atoms with Crippen molar-refractivity contribution in [2.45, 2.75) is 17.7 Å². The number of thiazole rings is 1. The second-order valence-corrected chi connectivity index (χ2v) is 9.02. The van der Waals surface area contributed by atoms with Gasteiger partial charge in [-0.15, -0.1) is 11.8 Å². The quantitative estimate of drug-likeness (QED) is 0.348. The van der Waals surface area contributed by atoms with Gasteiger partial charge in [-0.3, -0.25) is 9.69 Å². The molecule has 2 aromatic carbocycles. The van der Waals surface area contributed by atoms with E-state index in [4.69, 9.17) is 0 Å². The number of benzene rings is 2. The van der Waals surface area contributed by atoms with Gasteiger partial charge in [-0.25, -0.2) is 13.8 Å². The molecule has 0 spiro atoms. The summed E-state index contributed by atoms with van der Waals surface area (Å²) in [7, 11) is 3.89. The second kappa shape index (κ2) is 10.1. The molecule has 154 valence electrons. The van der Waals surface area contributed by atoms with Crippen LogP contribution in [0.2, 0.25) is 0 Å². The minimum Gasteiger partial charge on any atom is -0.308 e. The van der Waals surface area contributed by atoms with Gasteiger partial charge in [0.05, 0.1) is 4.70 Å². The number of aromatic nitrogens is 1. The largest absolute Gasteiger partial charge is 0.308 e. The van der Waals surface area contributed by atoms with E-state index in [2.05, 4.69) is 4.98 Å². The first-order valence-electron chi connectivity index (χ1n) is 9.32. The molecule has 8 heteroatoms. The average Bonchev–Trinajstić information content (AvgIpc) is 3.12. The molecule has 0 atom stereocenters. The molecule has 0 radical (unpaired) electrons. The zero-order valence-electron chi connectivity index (χ0n) is 16.4. The Morgan fingerprint density at radius 2 is 1.86 bits per heavy atom. The first kappa shape index (κ1) is 21.7. The van der Waals surface area contributed by atoms with Gasteiger partial charge >= 0.3 is 0 Å². The fourth-order valence-corrected chi connectivity index (χ4v) is 4.60. The first-order chi connectivity index (χ1) is 13.9. The number of para-hydroxylation sites is 1. The summed E-state index contributed by atoms with van der Waals surface area (Å²) < 4.78 is 27.7. The van der Waals surface area contributed by atoms with E-state index in [1.165, 1.54) is 29.5 Å². The molecule has 0 unspecified atom stereocenters. The zero-order valence-corrected chi connectivity index (χ0v) is 18.0. The van der Waals surface area contributed by atoms with Crippen LogP contribution < -0.4 is 4.90 Å². The smallest absolute Gasteiger partial charge is 0.228 e. The summed E-state index contributed by atoms with van der Waals surface area (Å²) in [6.45, 7) is 1.19. The lowest BCUT2D eigenvalue weighted by Crippen LogP contribution is -2.36. The third-order valence-electron chi connectivity index (χ3n) is 4.28. The van der Waals surface area contributed by atoms with Gasteiger partial charge in [0.25, 0.3) is 0 Å². The highest BCUT2D eigenvalue weighted by molar-refractivity contribution is 7.99. The van der Waals surface area contributed by atoms with Gasteiger partial charge in [0, 0.05) is 24.4 Å². The molecule has 0 saturated carbocycles. The zero-order chi connectivity index (χ0) is 20.8. The molecule has 3 aromatic rings. The molecule has 0 aliphatic carbocycles. The maximum absolute atomic E-state index is 14.0. The number of nitrogens with zero attached hydrogens (tertiary/aromatic N) is 3. The van der Waals surface area contributed by atoms with E-state index < -0.39 is 0 Å². The van der Waals surface area contributed by atoms with E-state index in [0.29, 0.717) is 36.6 Å². The van der Waals surface area contributed by atoms with Crippen LogP contribution in [-0.4, -0.2) is 48.7 Å². The van der Waals surface area contributed by atoms with Crippen molar-refractivity contribution in [2.75, 3.05) is 37.8 Å². The maximum Gasteiger partial charge on any atom is 0.228 e. The number of thioether (sulfide) groups is 1. The minimum atomic E-state index is -0.374. The van der Waals surface area contributed by atoms with Crippen LogP contribution in [0.4, 0.5) is 13.9 Å². The lowest BCUT2D eigenvalue weighted by atomic mass is 10.3. The monoisotopic (exact) mass is 435 g/mol. The van der Waals surface area contributed by atoms with Crippen LogP contribution in [0.25, 0.3) is 10.2 Å². The lowest BCUT2D eigenvalue weighted by molar-refractivity contribution is -0.118. The van der Waals surface area contributed by atoms with Crippen LogP contribution >= 0.6 is 23.1 Å². The Morgan fingerprint density at radius 3 is 2.55 bits per heavy atom. The normalized spacial score (nSPS) is 11.3. The van der Waals surface area contributed by atoms with Crippen molar-refractivity contribution in [1.29, 1.82) is 0 Å². The molecule has 1 amide bonds. The molecular formula is C21H23F2N3OS2. The van der Waals surface area contributed by atoms with E-state index in [1.807, 2.05) is 25.1 Å². The summed E-state index contributed by atoms with van der Waals surface area (Å²) in [5.41, 5.74) is 0.307. The highest BCUT2D eigenvalue weighted by atomic mass is 32.2. The van der Waals surface area contributed by atoms with Crippen molar-refractivity contribution in [3.63, 3.8) is 0 Å². The van der Waals surface area contributed by atoms with Crippen LogP contribution in [-0.2, 0) is 4.79 Å². The van der Waals surface area contributed by atoms with Gasteiger partial charge in [0.1, 0.15) is 17.2 Å². The van der Waals surface area contributed by atoms with Crippen molar-refractivity contribution in [1.82, 2.24) is 9.88 Å². The summed E-state index contributed by atoms with van der Waals surface area (Å²) >= 11 is 2.93. The first-order valence-corrected chi connectivity index (χ1v) is 11.1. The SMILES string of the molecule is CN(C)CCN(C(=O)CCCSc1ccc(F)cc1)c1nc2c(F)cccc2s1. The Balaban J connectivity index is 1.64. The summed E-state index contributed by atoms with van der Waals surface area (Å²) in [4.78, 5) is 21.9. The number of halogens is 2. The Morgan fingerprint density at radius 1 is 1.10 bits per heavy atom. The number of carbonyl (C=O) groups excluding carboxylic acids is 1. The summed E-state index contributed by atoms with van der Waals surface area (Å²) in [5, 5.41) is 0.531. The van der Waals surface area contributed by atoms with Crippen LogP contribution in [0.15, 0.2) is 47.4 Å². The minimum absolute atomic E-state index is 0.0222. The van der Waals surface area contributed by atoms with Gasteiger partial charge in [-0.2, -0.15) is 0 Å². The van der Waals surface area contributed by atoms with Crippen LogP contribution in [0, 0.1) is 11.6 Å². The third kappa shape index (κ3) is 5.98. The van der Waals surface area contributed by atoms with Gasteiger partial charge in [-0.05, 0) is 62.7 Å². The summed E-state index contributed by atoms with van der Waals surface area (Å²) in [5.74, 6) is 0.105. The van der Waals surface area contributed by atoms with Crippen molar-refractivity contribution in [3.05, 3.63) is 54.1 Å². The number of fused-ring (bicyclic) bond motifs is 1. The van der Waals surface area contributed by atoms with Gasteiger partial charge in [0.2, 0.25) is 5.91 Å². The van der Waals surface area contributed by atoms with Gasteiger partial charge in [-0.1, -0.05) is 17.4 Å². The van der Waals surface area contributed by atoms with Gasteiger partial charge in [0.15, 0.2) is 5.13 Å². The highest BCUT2D eigenvalue weighted by Crippen LogP contribution is 2.31. The fraction of sp³-hybridized carbons (Fsp3) is 0.333. The molecule has 4 nitrogen and oxygen atoms in total. The van der Waals surface area contributed by atoms with Crippen molar-refractivity contribution in [2.24, 2.45) is 0 Å². The topological polar surface area (TPSA) is 36.4 Å². The van der Waals surface area contributed by atoms with Crippen molar-refractivity contribution in [3.8, 4) is 0 Å². The molecule has 29 heavy (non-hydrogen) atoms. The van der Waals surface area contributed by atoms with E-state index in [1.54, 1.807) is 34.9 Å². The van der Waals surface area contributed by atoms with E-state index >= 15 is 0 Å². The molecule has 1 heterocycles. The Labute approximate surface area is 177 Å². The molecule has 0 N–H and O–H groups in total. The molecule has 0 aliphatic heterocycles. The molecule has 0 saturated heterocycles. The standard InChI is InChI=1S/C21H23F2N3OS2/c1-25(2)12-13-26(21-24-20-17(23)5-3-6-18(20)29-21)19(27)7-4-14-28-16-10-8-15(22)9-11-16/h3,5-6,8-11H,4,7,12-14H2,1-2H3. The number of anilines is 1. The van der Waals surface area contributed by atoms with Gasteiger partial charge < -0.3 is 4.90 Å². The maximum atomic E-state index is 14.0. The predicted molar refractivity (Wildman–Crippen MR) is 117 cm³/mol. The number of hydrogen-bond donors (Lipinski definition) is 0. The number of hydrogen-bond acceptors (Lipinski definition) is 5. The summed E-state index contributed by atoms with van der Waals surface area (Å²) in [6.07, 6.45) is 1.07. The predicted octanol–water partition coefficient (Wildman–Crippen LogP) is 5.04. The Kier molecular flexibility index (Phi) is 7.57. The average molecular weight is 436 g/mol. The number of amides is 1. The lowest BCUT2D eigenvalue weighted by Gasteiger charge is -2.22. The van der Waals surface area contributed by atoms with Crippen LogP contribution in [0.3, 0.4) is 0 Å². The van der Waals surface area contributed by atoms with Crippen molar-refractivity contribution < 1.29 is 13.6 Å². The molecular weight excluding hydrogens is 412 g/mol. The Bertz CT molecular complexity index is 960. The van der Waals surface area contributed by atoms with E-state index in [0.717, 1.165) is 15.3 Å². The van der Waals surface area contributed by atoms with E-state index in [-0.39, 0.29) is 17.5 Å². The van der Waals surface area contributed by atoms with Crippen LogP contribution in [0.1, 0.15) is 12.8 Å². The van der Waals surface area contributed by atoms with Crippen molar-refractivity contribution >= 4 is 44.4 Å². The van der Waals surface area contributed by atoms with Crippen LogP contribution in [0.5, 0.6) is 0 Å². The molecule has 1 aromatic heterocycles. The third-order valence-corrected chi connectivity index (χ3v) is 6.42. The van der Waals surface area contributed by atoms with E-state index in [9.17, 15) is 13.6 Å². The molecule has 3 rings (SSSR count). The highest BCUT2D eigenvalue weighted by Gasteiger charge is 2.20. The number of rotatable bonds is 9. The molecule has 0 fully saturated rings. The number of carbonyl (C=O) groups is 1. The Hall–Kier alpha value is -2.03. The molecule has 0 aliphatic rings. The molecule has 0 bridgehead atoms. The number of likely N-dealkylation sites (N-methyl/N-ethyl adjacent to an activating group) is 1.